The van der Waals surface area contributed by atoms with E-state index in [1.54, 1.807) is 18.2 Å². The molecule has 1 heterocycles. The molecule has 1 unspecified atom stereocenters. The summed E-state index contributed by atoms with van der Waals surface area (Å²) in [5.41, 5.74) is 4.27. The van der Waals surface area contributed by atoms with Crippen molar-refractivity contribution in [2.24, 2.45) is 0 Å². The minimum absolute atomic E-state index is 0.0474. The molecule has 0 saturated carbocycles. The van der Waals surface area contributed by atoms with E-state index in [2.05, 4.69) is 4.98 Å². The number of oxazole rings is 1. The molecule has 1 aromatic heterocycles. The van der Waals surface area contributed by atoms with Gasteiger partial charge in [0.15, 0.2) is 0 Å². The lowest BCUT2D eigenvalue weighted by atomic mass is 10.0. The highest BCUT2D eigenvalue weighted by Gasteiger charge is 2.13. The number of phenolic OH excluding ortho intramolecular Hbond substituents is 2. The van der Waals surface area contributed by atoms with Crippen LogP contribution in [0.5, 0.6) is 17.2 Å². The third kappa shape index (κ3) is 7.11. The molecular formula is C29H30NO6P. The topological polar surface area (TPSA) is 113 Å². The van der Waals surface area contributed by atoms with Gasteiger partial charge >= 0.3 is 5.97 Å². The molecule has 3 N–H and O–H groups in total. The third-order valence-corrected chi connectivity index (χ3v) is 7.29. The first-order chi connectivity index (χ1) is 17.9. The molecule has 7 nitrogen and oxygen atoms in total. The molecule has 4 rings (SSSR count). The zero-order valence-corrected chi connectivity index (χ0v) is 21.6. The fourth-order valence-corrected chi connectivity index (χ4v) is 5.37. The number of ether oxygens (including phenoxy) is 1. The smallest absolute Gasteiger partial charge is 0.303 e. The molecule has 0 aliphatic carbocycles. The molecule has 0 saturated heterocycles. The van der Waals surface area contributed by atoms with E-state index in [0.29, 0.717) is 57.6 Å². The number of aromatic nitrogens is 1. The van der Waals surface area contributed by atoms with E-state index >= 15 is 0 Å². The second kappa shape index (κ2) is 12.4. The summed E-state index contributed by atoms with van der Waals surface area (Å²) in [7, 11) is 0.393. The number of aryl methyl sites for hydroxylation is 2. The predicted octanol–water partition coefficient (Wildman–Crippen LogP) is 6.08. The summed E-state index contributed by atoms with van der Waals surface area (Å²) in [6, 6.07) is 20.2. The number of aliphatic carboxylic acids is 1. The van der Waals surface area contributed by atoms with Crippen LogP contribution in [0.3, 0.4) is 0 Å². The Morgan fingerprint density at radius 3 is 2.43 bits per heavy atom. The first-order valence-corrected chi connectivity index (χ1v) is 13.5. The minimum atomic E-state index is -0.842. The maximum Gasteiger partial charge on any atom is 0.303 e. The van der Waals surface area contributed by atoms with Crippen molar-refractivity contribution >= 4 is 14.6 Å². The molecule has 0 spiro atoms. The Bertz CT molecular complexity index is 1330. The Morgan fingerprint density at radius 1 is 0.946 bits per heavy atom. The van der Waals surface area contributed by atoms with Gasteiger partial charge in [0.2, 0.25) is 5.89 Å². The highest BCUT2D eigenvalue weighted by atomic mass is 31.1. The van der Waals surface area contributed by atoms with Gasteiger partial charge in [-0.05, 0) is 73.2 Å². The fourth-order valence-electron chi connectivity index (χ4n) is 4.04. The number of phenols is 2. The van der Waals surface area contributed by atoms with Crippen LogP contribution in [-0.4, -0.2) is 32.9 Å². The predicted molar refractivity (Wildman–Crippen MR) is 144 cm³/mol. The Hall–Kier alpha value is -3.83. The van der Waals surface area contributed by atoms with Crippen molar-refractivity contribution in [1.29, 1.82) is 0 Å². The molecule has 0 amide bonds. The van der Waals surface area contributed by atoms with Crippen LogP contribution in [-0.2, 0) is 30.0 Å². The van der Waals surface area contributed by atoms with E-state index in [9.17, 15) is 15.0 Å². The molecule has 1 atom stereocenters. The van der Waals surface area contributed by atoms with Gasteiger partial charge in [0.05, 0.1) is 12.3 Å². The quantitative estimate of drug-likeness (QED) is 0.195. The molecule has 0 bridgehead atoms. The van der Waals surface area contributed by atoms with Crippen molar-refractivity contribution < 1.29 is 29.3 Å². The van der Waals surface area contributed by atoms with Crippen LogP contribution in [0.2, 0.25) is 0 Å². The number of aromatic hydroxyl groups is 2. The van der Waals surface area contributed by atoms with Crippen LogP contribution in [0, 0.1) is 6.92 Å². The fraction of sp³-hybridized carbons (Fsp3) is 0.241. The van der Waals surface area contributed by atoms with Crippen LogP contribution < -0.4 is 4.74 Å². The zero-order valence-electron chi connectivity index (χ0n) is 20.6. The lowest BCUT2D eigenvalue weighted by Gasteiger charge is -2.13. The van der Waals surface area contributed by atoms with Crippen molar-refractivity contribution in [2.75, 3.05) is 6.61 Å². The number of nitrogens with zero attached hydrogens (tertiary/aromatic N) is 1. The van der Waals surface area contributed by atoms with E-state index in [-0.39, 0.29) is 17.9 Å². The molecule has 8 heteroatoms. The number of carboxylic acid groups (broad SMARTS) is 1. The van der Waals surface area contributed by atoms with Gasteiger partial charge < -0.3 is 24.5 Å². The number of benzene rings is 3. The summed E-state index contributed by atoms with van der Waals surface area (Å²) in [5.74, 6) is 1.37. The van der Waals surface area contributed by atoms with Gasteiger partial charge in [-0.2, -0.15) is 0 Å². The molecule has 4 aromatic rings. The second-order valence-corrected chi connectivity index (χ2v) is 9.90. The van der Waals surface area contributed by atoms with Crippen molar-refractivity contribution in [3.05, 3.63) is 94.9 Å². The summed E-state index contributed by atoms with van der Waals surface area (Å²) in [5, 5.41) is 29.2. The number of rotatable bonds is 12. The van der Waals surface area contributed by atoms with Gasteiger partial charge in [0, 0.05) is 24.0 Å². The molecule has 37 heavy (non-hydrogen) atoms. The van der Waals surface area contributed by atoms with Crippen LogP contribution in [0.1, 0.15) is 34.6 Å². The average Bonchev–Trinajstić information content (AvgIpc) is 3.26. The van der Waals surface area contributed by atoms with Crippen molar-refractivity contribution in [3.8, 4) is 28.7 Å². The second-order valence-electron chi connectivity index (χ2n) is 8.69. The van der Waals surface area contributed by atoms with Gasteiger partial charge in [-0.1, -0.05) is 30.3 Å². The first kappa shape index (κ1) is 26.2. The zero-order chi connectivity index (χ0) is 26.2. The van der Waals surface area contributed by atoms with Gasteiger partial charge in [-0.25, -0.2) is 4.98 Å². The summed E-state index contributed by atoms with van der Waals surface area (Å²) in [6.45, 7) is 2.32. The maximum absolute atomic E-state index is 11.1. The van der Waals surface area contributed by atoms with Gasteiger partial charge in [0.1, 0.15) is 23.0 Å². The van der Waals surface area contributed by atoms with E-state index < -0.39 is 5.97 Å². The number of hydrogen-bond donors (Lipinski definition) is 3. The summed E-state index contributed by atoms with van der Waals surface area (Å²) in [6.07, 6.45) is 2.27. The van der Waals surface area contributed by atoms with E-state index in [0.717, 1.165) is 28.1 Å². The summed E-state index contributed by atoms with van der Waals surface area (Å²) < 4.78 is 11.9. The molecule has 0 aliphatic rings. The van der Waals surface area contributed by atoms with Gasteiger partial charge in [-0.3, -0.25) is 4.79 Å². The van der Waals surface area contributed by atoms with Crippen LogP contribution in [0.15, 0.2) is 71.1 Å². The Balaban J connectivity index is 1.40. The molecule has 3 aromatic carbocycles. The Labute approximate surface area is 217 Å². The Kier molecular flexibility index (Phi) is 8.81. The minimum Gasteiger partial charge on any atom is -0.508 e. The number of carboxylic acids is 1. The Morgan fingerprint density at radius 2 is 1.70 bits per heavy atom. The van der Waals surface area contributed by atoms with Gasteiger partial charge in [-0.15, -0.1) is 8.58 Å². The van der Waals surface area contributed by atoms with Crippen molar-refractivity contribution in [1.82, 2.24) is 4.98 Å². The lowest BCUT2D eigenvalue weighted by Crippen LogP contribution is -2.04. The van der Waals surface area contributed by atoms with Crippen LogP contribution in [0.25, 0.3) is 11.5 Å². The van der Waals surface area contributed by atoms with E-state index in [4.69, 9.17) is 14.3 Å². The number of carbonyl (C=O) groups is 1. The van der Waals surface area contributed by atoms with Crippen molar-refractivity contribution in [3.63, 3.8) is 0 Å². The largest absolute Gasteiger partial charge is 0.508 e. The van der Waals surface area contributed by atoms with Crippen LogP contribution in [0.4, 0.5) is 0 Å². The maximum atomic E-state index is 11.1. The molecule has 192 valence electrons. The number of hydrogen-bond acceptors (Lipinski definition) is 6. The highest BCUT2D eigenvalue weighted by molar-refractivity contribution is 7.36. The normalized spacial score (nSPS) is 11.3. The monoisotopic (exact) mass is 519 g/mol. The SMILES string of the molecule is Cc1oc(-c2ccccc2)nc1CCOc1ccc(CCC(=O)O)c(CPCc2c(O)cccc2O)c1. The summed E-state index contributed by atoms with van der Waals surface area (Å²) in [4.78, 5) is 15.8. The summed E-state index contributed by atoms with van der Waals surface area (Å²) >= 11 is 0. The standard InChI is InChI=1S/C29H30NO6P/c1-19-25(30-29(36-19)21-6-3-2-4-7-21)14-15-35-23-12-10-20(11-13-28(33)34)22(16-23)17-37-18-24-26(31)8-5-9-27(24)32/h2-10,12,16,31-32,37H,11,13-15,17-18H2,1H3,(H,33,34). The average molecular weight is 520 g/mol. The van der Waals surface area contributed by atoms with Gasteiger partial charge in [0.25, 0.3) is 0 Å². The molecule has 0 radical (unpaired) electrons. The molecule has 0 fully saturated rings. The van der Waals surface area contributed by atoms with E-state index in [1.165, 1.54) is 0 Å². The molecule has 0 aliphatic heterocycles. The lowest BCUT2D eigenvalue weighted by molar-refractivity contribution is -0.136. The third-order valence-electron chi connectivity index (χ3n) is 6.05. The van der Waals surface area contributed by atoms with Crippen LogP contribution >= 0.6 is 8.58 Å². The first-order valence-electron chi connectivity index (χ1n) is 12.1. The highest BCUT2D eigenvalue weighted by Crippen LogP contribution is 2.35. The van der Waals surface area contributed by atoms with E-state index in [1.807, 2.05) is 55.5 Å². The van der Waals surface area contributed by atoms with Crippen molar-refractivity contribution in [2.45, 2.75) is 38.5 Å². The molecular weight excluding hydrogens is 489 g/mol.